The Balaban J connectivity index is 0.000000562. The fourth-order valence-electron chi connectivity index (χ4n) is 1.94. The Morgan fingerprint density at radius 3 is 2.67 bits per heavy atom. The Morgan fingerprint density at radius 2 is 1.93 bits per heavy atom. The van der Waals surface area contributed by atoms with Gasteiger partial charge in [-0.05, 0) is 12.8 Å². The van der Waals surface area contributed by atoms with Crippen LogP contribution in [0.25, 0.3) is 0 Å². The molecule has 1 aromatic heterocycles. The molecule has 1 aromatic rings. The zero-order valence-corrected chi connectivity index (χ0v) is 10.1. The zero-order valence-electron chi connectivity index (χ0n) is 8.48. The molecule has 15 heavy (non-hydrogen) atoms. The third-order valence-corrected chi connectivity index (χ3v) is 2.84. The van der Waals surface area contributed by atoms with E-state index in [-0.39, 0.29) is 24.8 Å². The maximum Gasteiger partial charge on any atom is 0.136 e. The van der Waals surface area contributed by atoms with Crippen molar-refractivity contribution in [3.8, 4) is 0 Å². The average Bonchev–Trinajstić information content (AvgIpc) is 2.94. The number of aromatic nitrogens is 3. The molecule has 0 saturated heterocycles. The van der Waals surface area contributed by atoms with Gasteiger partial charge in [0, 0.05) is 32.0 Å². The Labute approximate surface area is 102 Å². The van der Waals surface area contributed by atoms with E-state index < -0.39 is 0 Å². The molecule has 0 unspecified atom stereocenters. The van der Waals surface area contributed by atoms with E-state index in [1.165, 1.54) is 24.5 Å². The fraction of sp³-hybridized carbons (Fsp3) is 0.778. The highest BCUT2D eigenvalue weighted by Crippen LogP contribution is 2.39. The number of hydrogen-bond donors (Lipinski definition) is 1. The normalized spacial score (nSPS) is 19.5. The van der Waals surface area contributed by atoms with Crippen molar-refractivity contribution < 1.29 is 0 Å². The predicted octanol–water partition coefficient (Wildman–Crippen LogP) is 1.14. The summed E-state index contributed by atoms with van der Waals surface area (Å²) in [7, 11) is 0. The second-order valence-electron chi connectivity index (χ2n) is 3.90. The Bertz CT molecular complexity index is 322. The molecule has 2 aliphatic rings. The SMILES string of the molecule is C1Cc2nnc(C3CC3)n2CCN1.Cl.Cl. The fourth-order valence-corrected chi connectivity index (χ4v) is 1.94. The van der Waals surface area contributed by atoms with Crippen LogP contribution in [0.15, 0.2) is 0 Å². The lowest BCUT2D eigenvalue weighted by Crippen LogP contribution is -2.18. The van der Waals surface area contributed by atoms with Gasteiger partial charge in [-0.2, -0.15) is 0 Å². The van der Waals surface area contributed by atoms with Gasteiger partial charge in [-0.3, -0.25) is 0 Å². The van der Waals surface area contributed by atoms with E-state index in [0.29, 0.717) is 0 Å². The van der Waals surface area contributed by atoms with Crippen LogP contribution in [0.1, 0.15) is 30.4 Å². The highest BCUT2D eigenvalue weighted by molar-refractivity contribution is 5.85. The summed E-state index contributed by atoms with van der Waals surface area (Å²) in [6.45, 7) is 3.15. The first-order valence-corrected chi connectivity index (χ1v) is 5.08. The summed E-state index contributed by atoms with van der Waals surface area (Å²) in [4.78, 5) is 0. The molecular formula is C9H16Cl2N4. The zero-order chi connectivity index (χ0) is 8.67. The summed E-state index contributed by atoms with van der Waals surface area (Å²) in [6.07, 6.45) is 3.65. The highest BCUT2D eigenvalue weighted by Gasteiger charge is 2.30. The van der Waals surface area contributed by atoms with Crippen LogP contribution in [0.3, 0.4) is 0 Å². The number of nitrogens with zero attached hydrogens (tertiary/aromatic N) is 3. The summed E-state index contributed by atoms with van der Waals surface area (Å²) in [5.41, 5.74) is 0. The van der Waals surface area contributed by atoms with Gasteiger partial charge in [-0.15, -0.1) is 35.0 Å². The van der Waals surface area contributed by atoms with Crippen molar-refractivity contribution in [2.24, 2.45) is 0 Å². The quantitative estimate of drug-likeness (QED) is 0.814. The molecule has 1 N–H and O–H groups in total. The standard InChI is InChI=1S/C9H14N4.2ClH/c1-2-7(1)9-12-11-8-3-4-10-5-6-13(8)9;;/h7,10H,1-6H2;2*1H. The molecule has 1 aliphatic carbocycles. The Kier molecular flexibility index (Phi) is 4.37. The van der Waals surface area contributed by atoms with Gasteiger partial charge < -0.3 is 9.88 Å². The van der Waals surface area contributed by atoms with Crippen LogP contribution in [-0.2, 0) is 13.0 Å². The van der Waals surface area contributed by atoms with Crippen molar-refractivity contribution in [3.63, 3.8) is 0 Å². The molecule has 6 heteroatoms. The first kappa shape index (κ1) is 12.7. The number of rotatable bonds is 1. The largest absolute Gasteiger partial charge is 0.315 e. The first-order valence-electron chi connectivity index (χ1n) is 5.08. The molecule has 1 fully saturated rings. The summed E-state index contributed by atoms with van der Waals surface area (Å²) in [5, 5.41) is 11.9. The predicted molar refractivity (Wildman–Crippen MR) is 63.1 cm³/mol. The van der Waals surface area contributed by atoms with Gasteiger partial charge in [0.05, 0.1) is 0 Å². The molecule has 2 heterocycles. The van der Waals surface area contributed by atoms with Crippen molar-refractivity contribution in [2.75, 3.05) is 13.1 Å². The van der Waals surface area contributed by atoms with Gasteiger partial charge in [0.1, 0.15) is 11.6 Å². The molecule has 0 atom stereocenters. The Morgan fingerprint density at radius 1 is 1.13 bits per heavy atom. The minimum Gasteiger partial charge on any atom is -0.315 e. The van der Waals surface area contributed by atoms with Crippen LogP contribution in [-0.4, -0.2) is 27.9 Å². The van der Waals surface area contributed by atoms with Gasteiger partial charge in [0.2, 0.25) is 0 Å². The van der Waals surface area contributed by atoms with Crippen LogP contribution >= 0.6 is 24.8 Å². The highest BCUT2D eigenvalue weighted by atomic mass is 35.5. The van der Waals surface area contributed by atoms with E-state index >= 15 is 0 Å². The number of hydrogen-bond acceptors (Lipinski definition) is 3. The first-order chi connectivity index (χ1) is 6.45. The van der Waals surface area contributed by atoms with Crippen molar-refractivity contribution >= 4 is 24.8 Å². The van der Waals surface area contributed by atoms with E-state index in [0.717, 1.165) is 32.0 Å². The molecule has 0 amide bonds. The van der Waals surface area contributed by atoms with E-state index in [9.17, 15) is 0 Å². The van der Waals surface area contributed by atoms with Gasteiger partial charge >= 0.3 is 0 Å². The summed E-state index contributed by atoms with van der Waals surface area (Å²) in [5.74, 6) is 3.13. The molecule has 86 valence electrons. The maximum atomic E-state index is 4.29. The van der Waals surface area contributed by atoms with Gasteiger partial charge in [-0.25, -0.2) is 0 Å². The van der Waals surface area contributed by atoms with Crippen LogP contribution < -0.4 is 5.32 Å². The lowest BCUT2D eigenvalue weighted by atomic mass is 10.3. The molecule has 0 radical (unpaired) electrons. The van der Waals surface area contributed by atoms with Gasteiger partial charge in [0.15, 0.2) is 0 Å². The molecule has 0 aromatic carbocycles. The van der Waals surface area contributed by atoms with Crippen LogP contribution in [0, 0.1) is 0 Å². The number of nitrogens with one attached hydrogen (secondary N) is 1. The molecule has 4 nitrogen and oxygen atoms in total. The summed E-state index contributed by atoms with van der Waals surface area (Å²) < 4.78 is 2.32. The van der Waals surface area contributed by atoms with Crippen molar-refractivity contribution in [1.29, 1.82) is 0 Å². The minimum absolute atomic E-state index is 0. The van der Waals surface area contributed by atoms with Gasteiger partial charge in [0.25, 0.3) is 0 Å². The molecule has 3 rings (SSSR count). The van der Waals surface area contributed by atoms with Crippen LogP contribution in [0.5, 0.6) is 0 Å². The Hall–Kier alpha value is -0.320. The maximum absolute atomic E-state index is 4.29. The molecule has 1 saturated carbocycles. The molecule has 1 aliphatic heterocycles. The lowest BCUT2D eigenvalue weighted by Gasteiger charge is -2.04. The number of halogens is 2. The second kappa shape index (κ2) is 5.14. The monoisotopic (exact) mass is 250 g/mol. The lowest BCUT2D eigenvalue weighted by molar-refractivity contribution is 0.618. The summed E-state index contributed by atoms with van der Waals surface area (Å²) >= 11 is 0. The second-order valence-corrected chi connectivity index (χ2v) is 3.90. The van der Waals surface area contributed by atoms with Crippen molar-refractivity contribution in [2.45, 2.75) is 31.7 Å². The third kappa shape index (κ3) is 2.44. The van der Waals surface area contributed by atoms with Crippen LogP contribution in [0.2, 0.25) is 0 Å². The molecule has 0 bridgehead atoms. The van der Waals surface area contributed by atoms with E-state index in [4.69, 9.17) is 0 Å². The molecular weight excluding hydrogens is 235 g/mol. The van der Waals surface area contributed by atoms with E-state index in [1.54, 1.807) is 0 Å². The number of fused-ring (bicyclic) bond motifs is 1. The van der Waals surface area contributed by atoms with E-state index in [2.05, 4.69) is 20.1 Å². The topological polar surface area (TPSA) is 42.7 Å². The summed E-state index contributed by atoms with van der Waals surface area (Å²) in [6, 6.07) is 0. The molecule has 0 spiro atoms. The minimum atomic E-state index is 0. The van der Waals surface area contributed by atoms with E-state index in [1.807, 2.05) is 0 Å². The van der Waals surface area contributed by atoms with Gasteiger partial charge in [-0.1, -0.05) is 0 Å². The van der Waals surface area contributed by atoms with Crippen molar-refractivity contribution in [1.82, 2.24) is 20.1 Å². The third-order valence-electron chi connectivity index (χ3n) is 2.84. The average molecular weight is 251 g/mol. The smallest absolute Gasteiger partial charge is 0.136 e. The van der Waals surface area contributed by atoms with Crippen molar-refractivity contribution in [3.05, 3.63) is 11.6 Å². The van der Waals surface area contributed by atoms with Crippen LogP contribution in [0.4, 0.5) is 0 Å².